The van der Waals surface area contributed by atoms with Crippen LogP contribution in [0.15, 0.2) is 36.5 Å². The summed E-state index contributed by atoms with van der Waals surface area (Å²) >= 11 is 5.89. The predicted octanol–water partition coefficient (Wildman–Crippen LogP) is 2.46. The minimum absolute atomic E-state index is 0.0210. The molecule has 0 aliphatic heterocycles. The van der Waals surface area contributed by atoms with E-state index in [9.17, 15) is 9.59 Å². The van der Waals surface area contributed by atoms with Crippen molar-refractivity contribution in [2.45, 2.75) is 0 Å². The zero-order valence-corrected chi connectivity index (χ0v) is 12.8. The van der Waals surface area contributed by atoms with Crippen molar-refractivity contribution in [3.05, 3.63) is 47.1 Å². The largest absolute Gasteiger partial charge is 0.495 e. The van der Waals surface area contributed by atoms with Gasteiger partial charge in [0.1, 0.15) is 12.3 Å². The predicted molar refractivity (Wildman–Crippen MR) is 83.3 cm³/mol. The molecule has 1 aromatic carbocycles. The van der Waals surface area contributed by atoms with Crippen molar-refractivity contribution in [1.29, 1.82) is 0 Å². The summed E-state index contributed by atoms with van der Waals surface area (Å²) in [6.45, 7) is -0.171. The van der Waals surface area contributed by atoms with Gasteiger partial charge in [0.15, 0.2) is 0 Å². The molecule has 0 aliphatic carbocycles. The molecule has 120 valence electrons. The lowest BCUT2D eigenvalue weighted by atomic mass is 10.3. The summed E-state index contributed by atoms with van der Waals surface area (Å²) in [7, 11) is 1.49. The van der Waals surface area contributed by atoms with E-state index in [0.717, 1.165) is 0 Å². The van der Waals surface area contributed by atoms with Gasteiger partial charge in [0.25, 0.3) is 0 Å². The maximum Gasteiger partial charge on any atom is 0.335 e. The van der Waals surface area contributed by atoms with Crippen LogP contribution in [0.5, 0.6) is 11.6 Å². The van der Waals surface area contributed by atoms with Crippen LogP contribution in [-0.2, 0) is 4.79 Å². The first-order valence-corrected chi connectivity index (χ1v) is 6.85. The number of carboxylic acid groups (broad SMARTS) is 1. The molecule has 0 aliphatic rings. The molecular formula is C15H13ClN2O5. The molecule has 0 bridgehead atoms. The summed E-state index contributed by atoms with van der Waals surface area (Å²) in [5.41, 5.74) is 0.511. The maximum absolute atomic E-state index is 11.8. The molecule has 0 amide bonds. The van der Waals surface area contributed by atoms with E-state index in [4.69, 9.17) is 26.2 Å². The first-order valence-electron chi connectivity index (χ1n) is 6.47. The third-order valence-corrected chi connectivity index (χ3v) is 3.02. The zero-order valence-electron chi connectivity index (χ0n) is 12.1. The summed E-state index contributed by atoms with van der Waals surface area (Å²) < 4.78 is 10.1. The number of hydrogen-bond donors (Lipinski definition) is 2. The highest BCUT2D eigenvalue weighted by molar-refractivity contribution is 6.30. The number of halogens is 1. The second-order valence-corrected chi connectivity index (χ2v) is 4.80. The number of hydrogen-bond acceptors (Lipinski definition) is 6. The summed E-state index contributed by atoms with van der Waals surface area (Å²) in [5, 5.41) is 12.2. The molecule has 0 spiro atoms. The zero-order chi connectivity index (χ0) is 16.8. The molecule has 2 rings (SSSR count). The standard InChI is InChI=1S/C15H13ClN2O5/c1-22-12-3-2-10(16)7-11(12)18-8-14(19)23-13-6-9(15(20)21)4-5-17-13/h2-7,18H,8H2,1H3,(H,20,21). The Morgan fingerprint density at radius 2 is 2.09 bits per heavy atom. The van der Waals surface area contributed by atoms with Gasteiger partial charge in [0.05, 0.1) is 18.4 Å². The molecule has 0 fully saturated rings. The molecule has 7 nitrogen and oxygen atoms in total. The summed E-state index contributed by atoms with van der Waals surface area (Å²) in [6.07, 6.45) is 1.25. The van der Waals surface area contributed by atoms with Crippen LogP contribution in [0.25, 0.3) is 0 Å². The number of benzene rings is 1. The number of carbonyl (C=O) groups excluding carboxylic acids is 1. The lowest BCUT2D eigenvalue weighted by molar-refractivity contribution is -0.132. The number of pyridine rings is 1. The number of esters is 1. The van der Waals surface area contributed by atoms with E-state index in [1.165, 1.54) is 25.4 Å². The molecule has 23 heavy (non-hydrogen) atoms. The average molecular weight is 337 g/mol. The van der Waals surface area contributed by atoms with Crippen LogP contribution in [0.3, 0.4) is 0 Å². The third kappa shape index (κ3) is 4.58. The minimum atomic E-state index is -1.13. The van der Waals surface area contributed by atoms with Gasteiger partial charge in [-0.25, -0.2) is 14.6 Å². The van der Waals surface area contributed by atoms with Gasteiger partial charge in [-0.3, -0.25) is 0 Å². The van der Waals surface area contributed by atoms with Crippen LogP contribution in [0.2, 0.25) is 5.02 Å². The van der Waals surface area contributed by atoms with Crippen LogP contribution < -0.4 is 14.8 Å². The normalized spacial score (nSPS) is 10.0. The van der Waals surface area contributed by atoms with Crippen molar-refractivity contribution >= 4 is 29.2 Å². The van der Waals surface area contributed by atoms with E-state index >= 15 is 0 Å². The third-order valence-electron chi connectivity index (χ3n) is 2.78. The van der Waals surface area contributed by atoms with E-state index in [2.05, 4.69) is 10.3 Å². The number of ether oxygens (including phenoxy) is 2. The summed E-state index contributed by atoms with van der Waals surface area (Å²) in [4.78, 5) is 26.4. The molecule has 2 N–H and O–H groups in total. The lowest BCUT2D eigenvalue weighted by Gasteiger charge is -2.11. The monoisotopic (exact) mass is 336 g/mol. The molecule has 2 aromatic rings. The van der Waals surface area contributed by atoms with Gasteiger partial charge in [0, 0.05) is 17.3 Å². The molecule has 8 heteroatoms. The fourth-order valence-corrected chi connectivity index (χ4v) is 1.91. The number of anilines is 1. The van der Waals surface area contributed by atoms with Crippen molar-refractivity contribution in [2.24, 2.45) is 0 Å². The fourth-order valence-electron chi connectivity index (χ4n) is 1.74. The minimum Gasteiger partial charge on any atom is -0.495 e. The molecule has 0 radical (unpaired) electrons. The van der Waals surface area contributed by atoms with Gasteiger partial charge in [-0.2, -0.15) is 0 Å². The maximum atomic E-state index is 11.8. The molecule has 1 heterocycles. The van der Waals surface area contributed by atoms with Crippen molar-refractivity contribution in [1.82, 2.24) is 4.98 Å². The van der Waals surface area contributed by atoms with E-state index in [1.807, 2.05) is 0 Å². The highest BCUT2D eigenvalue weighted by Gasteiger charge is 2.11. The molecule has 1 aromatic heterocycles. The number of aromatic carboxylic acids is 1. The van der Waals surface area contributed by atoms with Crippen molar-refractivity contribution in [3.63, 3.8) is 0 Å². The van der Waals surface area contributed by atoms with Gasteiger partial charge in [-0.1, -0.05) is 11.6 Å². The van der Waals surface area contributed by atoms with Crippen LogP contribution in [0.4, 0.5) is 5.69 Å². The van der Waals surface area contributed by atoms with E-state index in [1.54, 1.807) is 18.2 Å². The van der Waals surface area contributed by atoms with E-state index < -0.39 is 11.9 Å². The van der Waals surface area contributed by atoms with Crippen molar-refractivity contribution < 1.29 is 24.2 Å². The first-order chi connectivity index (χ1) is 11.0. The Bertz CT molecular complexity index is 736. The molecule has 0 saturated carbocycles. The first kappa shape index (κ1) is 16.6. The number of carboxylic acids is 1. The number of methoxy groups -OCH3 is 1. The second kappa shape index (κ2) is 7.46. The Morgan fingerprint density at radius 3 is 2.78 bits per heavy atom. The highest BCUT2D eigenvalue weighted by atomic mass is 35.5. The Labute approximate surface area is 136 Å². The molecular weight excluding hydrogens is 324 g/mol. The Kier molecular flexibility index (Phi) is 5.37. The quantitative estimate of drug-likeness (QED) is 0.782. The number of carbonyl (C=O) groups is 2. The number of aromatic nitrogens is 1. The van der Waals surface area contributed by atoms with E-state index in [-0.39, 0.29) is 18.0 Å². The van der Waals surface area contributed by atoms with E-state index in [0.29, 0.717) is 16.5 Å². The van der Waals surface area contributed by atoms with Crippen LogP contribution in [-0.4, -0.2) is 35.7 Å². The fraction of sp³-hybridized carbons (Fsp3) is 0.133. The molecule has 0 atom stereocenters. The number of nitrogens with one attached hydrogen (secondary N) is 1. The van der Waals surface area contributed by atoms with Crippen molar-refractivity contribution in [3.8, 4) is 11.6 Å². The van der Waals surface area contributed by atoms with Gasteiger partial charge in [0.2, 0.25) is 5.88 Å². The van der Waals surface area contributed by atoms with Crippen LogP contribution in [0, 0.1) is 0 Å². The SMILES string of the molecule is COc1ccc(Cl)cc1NCC(=O)Oc1cc(C(=O)O)ccn1. The van der Waals surface area contributed by atoms with Gasteiger partial charge >= 0.3 is 11.9 Å². The topological polar surface area (TPSA) is 97.8 Å². The summed E-state index contributed by atoms with van der Waals surface area (Å²) in [5.74, 6) is -1.34. The van der Waals surface area contributed by atoms with Crippen LogP contribution in [0.1, 0.15) is 10.4 Å². The van der Waals surface area contributed by atoms with Gasteiger partial charge < -0.3 is 19.9 Å². The molecule has 0 saturated heterocycles. The average Bonchev–Trinajstić information content (AvgIpc) is 2.53. The number of nitrogens with zero attached hydrogens (tertiary/aromatic N) is 1. The lowest BCUT2D eigenvalue weighted by Crippen LogP contribution is -2.20. The summed E-state index contributed by atoms with van der Waals surface area (Å²) in [6, 6.07) is 7.39. The van der Waals surface area contributed by atoms with Gasteiger partial charge in [-0.05, 0) is 24.3 Å². The molecule has 0 unspecified atom stereocenters. The highest BCUT2D eigenvalue weighted by Crippen LogP contribution is 2.27. The Hall–Kier alpha value is -2.80. The van der Waals surface area contributed by atoms with Crippen LogP contribution >= 0.6 is 11.6 Å². The second-order valence-electron chi connectivity index (χ2n) is 4.36. The Balaban J connectivity index is 1.99. The van der Waals surface area contributed by atoms with Crippen molar-refractivity contribution in [2.75, 3.05) is 19.0 Å². The smallest absolute Gasteiger partial charge is 0.335 e. The Morgan fingerprint density at radius 1 is 1.30 bits per heavy atom. The number of rotatable bonds is 6. The van der Waals surface area contributed by atoms with Gasteiger partial charge in [-0.15, -0.1) is 0 Å².